The first-order valence-corrected chi connectivity index (χ1v) is 10.5. The van der Waals surface area contributed by atoms with Gasteiger partial charge in [-0.15, -0.1) is 0 Å². The number of hydrogen-bond donors (Lipinski definition) is 1. The number of fused-ring (bicyclic) bond motifs is 2. The van der Waals surface area contributed by atoms with Gasteiger partial charge in [0.15, 0.2) is 11.5 Å². The number of H-pyrrole nitrogens is 1. The second-order valence-corrected chi connectivity index (χ2v) is 8.46. The van der Waals surface area contributed by atoms with E-state index >= 15 is 0 Å². The smallest absolute Gasteiger partial charge is 0.327 e. The van der Waals surface area contributed by atoms with Gasteiger partial charge in [-0.25, -0.2) is 18.6 Å². The number of anilines is 1. The van der Waals surface area contributed by atoms with Gasteiger partial charge < -0.3 is 14.6 Å². The lowest BCUT2D eigenvalue weighted by molar-refractivity contribution is -0.0265. The van der Waals surface area contributed by atoms with Gasteiger partial charge in [-0.1, -0.05) is 0 Å². The molecule has 4 aromatic rings. The fraction of sp³-hybridized carbons (Fsp3) is 0.381. The van der Waals surface area contributed by atoms with Gasteiger partial charge in [-0.2, -0.15) is 15.2 Å². The molecule has 0 saturated carbocycles. The van der Waals surface area contributed by atoms with Crippen LogP contribution in [0.4, 0.5) is 14.6 Å². The second-order valence-electron chi connectivity index (χ2n) is 8.46. The highest BCUT2D eigenvalue weighted by Crippen LogP contribution is 2.34. The van der Waals surface area contributed by atoms with E-state index in [9.17, 15) is 18.8 Å². The number of imidazole rings is 2. The van der Waals surface area contributed by atoms with Crippen LogP contribution in [-0.2, 0) is 11.3 Å². The van der Waals surface area contributed by atoms with Gasteiger partial charge in [0, 0.05) is 19.1 Å². The van der Waals surface area contributed by atoms with E-state index in [0.29, 0.717) is 47.5 Å². The third-order valence-electron chi connectivity index (χ3n) is 6.09. The number of alkyl halides is 2. The van der Waals surface area contributed by atoms with Crippen molar-refractivity contribution >= 4 is 28.0 Å². The average Bonchev–Trinajstić information content (AvgIpc) is 3.51. The van der Waals surface area contributed by atoms with Gasteiger partial charge in [0.2, 0.25) is 5.95 Å². The number of aromatic nitrogens is 6. The van der Waals surface area contributed by atoms with Gasteiger partial charge in [0.05, 0.1) is 42.4 Å². The molecule has 0 bridgehead atoms. The minimum absolute atomic E-state index is 0.157. The number of benzene rings is 1. The van der Waals surface area contributed by atoms with Crippen LogP contribution in [0.3, 0.4) is 0 Å². The molecule has 12 heteroatoms. The molecule has 0 amide bonds. The maximum absolute atomic E-state index is 13.7. The SMILES string of the molecule is N#Cc1ccc2ncn(-c3nc(N4CC(F)(F)C4)c4[nH]c(=O)n(CC5CCOC5)c4n3)c2c1. The Morgan fingerprint density at radius 2 is 2.15 bits per heavy atom. The maximum Gasteiger partial charge on any atom is 0.327 e. The molecular formula is C21H18F2N8O2. The van der Waals surface area contributed by atoms with Crippen molar-refractivity contribution in [3.05, 3.63) is 40.6 Å². The van der Waals surface area contributed by atoms with Crippen LogP contribution in [0.25, 0.3) is 28.1 Å². The monoisotopic (exact) mass is 452 g/mol. The number of hydrogen-bond acceptors (Lipinski definition) is 7. The molecule has 10 nitrogen and oxygen atoms in total. The average molecular weight is 452 g/mol. The topological polar surface area (TPSA) is 118 Å². The summed E-state index contributed by atoms with van der Waals surface area (Å²) < 4.78 is 35.9. The van der Waals surface area contributed by atoms with Crippen molar-refractivity contribution in [3.63, 3.8) is 0 Å². The van der Waals surface area contributed by atoms with Gasteiger partial charge in [0.25, 0.3) is 5.92 Å². The maximum atomic E-state index is 13.7. The largest absolute Gasteiger partial charge is 0.381 e. The summed E-state index contributed by atoms with van der Waals surface area (Å²) in [6.07, 6.45) is 2.34. The third-order valence-corrected chi connectivity index (χ3v) is 6.09. The minimum Gasteiger partial charge on any atom is -0.381 e. The zero-order valence-corrected chi connectivity index (χ0v) is 17.3. The molecule has 2 aliphatic heterocycles. The summed E-state index contributed by atoms with van der Waals surface area (Å²) in [5.41, 5.74) is 1.94. The Kier molecular flexibility index (Phi) is 4.25. The molecule has 2 fully saturated rings. The number of nitrogens with zero attached hydrogens (tertiary/aromatic N) is 7. The highest BCUT2D eigenvalue weighted by Gasteiger charge is 2.45. The van der Waals surface area contributed by atoms with Crippen LogP contribution in [0, 0.1) is 17.2 Å². The second kappa shape index (κ2) is 7.08. The molecular weight excluding hydrogens is 434 g/mol. The highest BCUT2D eigenvalue weighted by atomic mass is 19.3. The molecule has 3 aromatic heterocycles. The highest BCUT2D eigenvalue weighted by molar-refractivity contribution is 5.86. The number of aromatic amines is 1. The molecule has 0 spiro atoms. The summed E-state index contributed by atoms with van der Waals surface area (Å²) in [5, 5.41) is 9.28. The lowest BCUT2D eigenvalue weighted by Crippen LogP contribution is -2.56. The Hall–Kier alpha value is -3.85. The summed E-state index contributed by atoms with van der Waals surface area (Å²) in [6.45, 7) is 0.592. The van der Waals surface area contributed by atoms with E-state index in [2.05, 4.69) is 26.0 Å². The van der Waals surface area contributed by atoms with Crippen LogP contribution in [0.5, 0.6) is 0 Å². The number of rotatable bonds is 4. The van der Waals surface area contributed by atoms with Crippen LogP contribution in [0.1, 0.15) is 12.0 Å². The molecule has 1 N–H and O–H groups in total. The van der Waals surface area contributed by atoms with Crippen molar-refractivity contribution in [2.24, 2.45) is 5.92 Å². The van der Waals surface area contributed by atoms with Crippen molar-refractivity contribution in [2.75, 3.05) is 31.2 Å². The molecule has 1 atom stereocenters. The van der Waals surface area contributed by atoms with Crippen molar-refractivity contribution in [1.29, 1.82) is 5.26 Å². The molecule has 0 radical (unpaired) electrons. The van der Waals surface area contributed by atoms with E-state index < -0.39 is 19.0 Å². The molecule has 2 aliphatic rings. The number of halogens is 2. The van der Waals surface area contributed by atoms with E-state index in [1.807, 2.05) is 0 Å². The summed E-state index contributed by atoms with van der Waals surface area (Å²) in [7, 11) is 0. The van der Waals surface area contributed by atoms with Crippen molar-refractivity contribution < 1.29 is 13.5 Å². The first-order valence-electron chi connectivity index (χ1n) is 10.5. The normalized spacial score (nSPS) is 19.8. The molecule has 1 aromatic carbocycles. The van der Waals surface area contributed by atoms with Crippen molar-refractivity contribution in [2.45, 2.75) is 18.9 Å². The van der Waals surface area contributed by atoms with Crippen LogP contribution < -0.4 is 10.6 Å². The molecule has 1 unspecified atom stereocenters. The quantitative estimate of drug-likeness (QED) is 0.502. The van der Waals surface area contributed by atoms with E-state index in [1.165, 1.54) is 15.8 Å². The summed E-state index contributed by atoms with van der Waals surface area (Å²) in [4.78, 5) is 30.5. The van der Waals surface area contributed by atoms with Crippen LogP contribution in [0.2, 0.25) is 0 Å². The van der Waals surface area contributed by atoms with E-state index in [-0.39, 0.29) is 23.4 Å². The van der Waals surface area contributed by atoms with Gasteiger partial charge in [-0.05, 0) is 24.6 Å². The molecule has 33 heavy (non-hydrogen) atoms. The summed E-state index contributed by atoms with van der Waals surface area (Å²) in [6, 6.07) is 7.12. The molecule has 2 saturated heterocycles. The lowest BCUT2D eigenvalue weighted by Gasteiger charge is -2.39. The molecule has 5 heterocycles. The van der Waals surface area contributed by atoms with E-state index in [4.69, 9.17) is 4.74 Å². The number of nitrogens with one attached hydrogen (secondary N) is 1. The first kappa shape index (κ1) is 19.8. The fourth-order valence-corrected chi connectivity index (χ4v) is 4.39. The van der Waals surface area contributed by atoms with E-state index in [0.717, 1.165) is 6.42 Å². The zero-order chi connectivity index (χ0) is 22.7. The number of ether oxygens (including phenoxy) is 1. The molecule has 6 rings (SSSR count). The Morgan fingerprint density at radius 3 is 2.88 bits per heavy atom. The summed E-state index contributed by atoms with van der Waals surface area (Å²) in [5.74, 6) is -2.24. The Morgan fingerprint density at radius 1 is 1.30 bits per heavy atom. The van der Waals surface area contributed by atoms with Gasteiger partial charge >= 0.3 is 5.69 Å². The first-order chi connectivity index (χ1) is 15.9. The fourth-order valence-electron chi connectivity index (χ4n) is 4.39. The van der Waals surface area contributed by atoms with Crippen molar-refractivity contribution in [1.82, 2.24) is 29.1 Å². The third kappa shape index (κ3) is 3.23. The standard InChI is InChI=1S/C21H18F2N8O2/c22-21(23)9-29(10-21)17-16-18(30(20(32)26-16)7-13-3-4-33-8-13)28-19(27-17)31-11-25-14-2-1-12(6-24)5-15(14)31/h1-2,5,11,13H,3-4,7-10H2,(H,26,32). The summed E-state index contributed by atoms with van der Waals surface area (Å²) >= 11 is 0. The number of nitriles is 1. The predicted molar refractivity (Wildman–Crippen MR) is 114 cm³/mol. The zero-order valence-electron chi connectivity index (χ0n) is 17.3. The lowest BCUT2D eigenvalue weighted by atomic mass is 10.1. The van der Waals surface area contributed by atoms with Crippen LogP contribution >= 0.6 is 0 Å². The van der Waals surface area contributed by atoms with Gasteiger partial charge in [0.1, 0.15) is 11.8 Å². The van der Waals surface area contributed by atoms with Gasteiger partial charge in [-0.3, -0.25) is 9.13 Å². The van der Waals surface area contributed by atoms with Crippen molar-refractivity contribution in [3.8, 4) is 12.0 Å². The van der Waals surface area contributed by atoms with Crippen LogP contribution in [0.15, 0.2) is 29.3 Å². The Labute approximate surface area is 185 Å². The molecule has 168 valence electrons. The van der Waals surface area contributed by atoms with Crippen LogP contribution in [-0.4, -0.2) is 61.3 Å². The Balaban J connectivity index is 1.55. The molecule has 0 aliphatic carbocycles. The predicted octanol–water partition coefficient (Wildman–Crippen LogP) is 1.82. The van der Waals surface area contributed by atoms with E-state index in [1.54, 1.807) is 22.8 Å². The minimum atomic E-state index is -2.81. The Bertz CT molecular complexity index is 1480.